The van der Waals surface area contributed by atoms with Crippen LogP contribution in [0.3, 0.4) is 0 Å². The van der Waals surface area contributed by atoms with E-state index >= 15 is 0 Å². The third-order valence-electron chi connectivity index (χ3n) is 2.20. The predicted molar refractivity (Wildman–Crippen MR) is 62.5 cm³/mol. The largest absolute Gasteiger partial charge is 0.330 e. The molecule has 2 N–H and O–H groups in total. The van der Waals surface area contributed by atoms with E-state index in [1.165, 1.54) is 0 Å². The van der Waals surface area contributed by atoms with Crippen molar-refractivity contribution >= 4 is 11.8 Å². The fraction of sp³-hybridized carbons (Fsp3) is 0.700. The number of nitrogens with two attached hydrogens (primary N) is 1. The molecule has 14 heavy (non-hydrogen) atoms. The molecule has 1 unspecified atom stereocenters. The Morgan fingerprint density at radius 1 is 1.57 bits per heavy atom. The van der Waals surface area contributed by atoms with Crippen LogP contribution in [-0.4, -0.2) is 21.1 Å². The standard InChI is InChI=1S/C10H19N3S/c1-4-14-6-8(2)13-7-12-5-10(13)9(3)11/h5,7-9H,4,6,11H2,1-3H3/t8?,9-/m0/s1. The monoisotopic (exact) mass is 213 g/mol. The summed E-state index contributed by atoms with van der Waals surface area (Å²) in [5, 5.41) is 0. The molecule has 0 spiro atoms. The molecule has 0 saturated heterocycles. The number of imidazole rings is 1. The van der Waals surface area contributed by atoms with Crippen molar-refractivity contribution in [1.29, 1.82) is 0 Å². The van der Waals surface area contributed by atoms with Gasteiger partial charge in [-0.1, -0.05) is 6.92 Å². The van der Waals surface area contributed by atoms with Gasteiger partial charge in [0, 0.05) is 24.0 Å². The molecule has 0 aliphatic carbocycles. The average Bonchev–Trinajstić information content (AvgIpc) is 2.62. The first kappa shape index (κ1) is 11.6. The molecular weight excluding hydrogens is 194 g/mol. The summed E-state index contributed by atoms with van der Waals surface area (Å²) in [6.07, 6.45) is 3.73. The number of nitrogens with zero attached hydrogens (tertiary/aromatic N) is 2. The third-order valence-corrected chi connectivity index (χ3v) is 3.33. The molecule has 0 saturated carbocycles. The van der Waals surface area contributed by atoms with Gasteiger partial charge in [0.2, 0.25) is 0 Å². The molecule has 0 fully saturated rings. The van der Waals surface area contributed by atoms with E-state index in [0.717, 1.165) is 17.2 Å². The Bertz CT molecular complexity index is 270. The maximum absolute atomic E-state index is 5.86. The molecule has 1 rings (SSSR count). The second-order valence-electron chi connectivity index (χ2n) is 3.52. The lowest BCUT2D eigenvalue weighted by Gasteiger charge is -2.17. The van der Waals surface area contributed by atoms with E-state index in [-0.39, 0.29) is 6.04 Å². The number of aromatic nitrogens is 2. The van der Waals surface area contributed by atoms with Crippen molar-refractivity contribution < 1.29 is 0 Å². The highest BCUT2D eigenvalue weighted by Crippen LogP contribution is 2.18. The van der Waals surface area contributed by atoms with Gasteiger partial charge >= 0.3 is 0 Å². The first-order valence-electron chi connectivity index (χ1n) is 5.01. The van der Waals surface area contributed by atoms with E-state index in [4.69, 9.17) is 5.73 Å². The van der Waals surface area contributed by atoms with Gasteiger partial charge in [0.15, 0.2) is 0 Å². The van der Waals surface area contributed by atoms with Crippen molar-refractivity contribution in [1.82, 2.24) is 9.55 Å². The van der Waals surface area contributed by atoms with E-state index in [1.54, 1.807) is 0 Å². The highest BCUT2D eigenvalue weighted by Gasteiger charge is 2.11. The van der Waals surface area contributed by atoms with Crippen molar-refractivity contribution in [3.63, 3.8) is 0 Å². The van der Waals surface area contributed by atoms with E-state index in [1.807, 2.05) is 31.2 Å². The van der Waals surface area contributed by atoms with Crippen molar-refractivity contribution in [2.45, 2.75) is 32.9 Å². The fourth-order valence-electron chi connectivity index (χ4n) is 1.40. The first-order valence-corrected chi connectivity index (χ1v) is 6.17. The van der Waals surface area contributed by atoms with E-state index in [9.17, 15) is 0 Å². The van der Waals surface area contributed by atoms with Crippen LogP contribution < -0.4 is 5.73 Å². The minimum atomic E-state index is 0.0616. The summed E-state index contributed by atoms with van der Waals surface area (Å²) in [6, 6.07) is 0.537. The Hall–Kier alpha value is -0.480. The molecule has 1 aromatic heterocycles. The summed E-state index contributed by atoms with van der Waals surface area (Å²) >= 11 is 1.95. The van der Waals surface area contributed by atoms with Gasteiger partial charge in [0.1, 0.15) is 0 Å². The van der Waals surface area contributed by atoms with Gasteiger partial charge in [-0.15, -0.1) is 0 Å². The second kappa shape index (κ2) is 5.41. The van der Waals surface area contributed by atoms with Crippen LogP contribution in [-0.2, 0) is 0 Å². The summed E-state index contributed by atoms with van der Waals surface area (Å²) in [6.45, 7) is 6.38. The molecule has 1 aromatic rings. The van der Waals surface area contributed by atoms with Crippen LogP contribution in [0.4, 0.5) is 0 Å². The molecule has 0 aliphatic heterocycles. The van der Waals surface area contributed by atoms with E-state index < -0.39 is 0 Å². The van der Waals surface area contributed by atoms with E-state index in [2.05, 4.69) is 23.4 Å². The molecule has 80 valence electrons. The zero-order valence-corrected chi connectivity index (χ0v) is 9.92. The normalized spacial score (nSPS) is 15.4. The average molecular weight is 213 g/mol. The molecule has 0 aromatic carbocycles. The Labute approximate surface area is 90.1 Å². The van der Waals surface area contributed by atoms with Crippen LogP contribution in [0.5, 0.6) is 0 Å². The lowest BCUT2D eigenvalue weighted by Crippen LogP contribution is -2.16. The Morgan fingerprint density at radius 3 is 2.86 bits per heavy atom. The molecule has 3 nitrogen and oxygen atoms in total. The van der Waals surface area contributed by atoms with Crippen LogP contribution in [0.1, 0.15) is 38.5 Å². The van der Waals surface area contributed by atoms with Gasteiger partial charge in [0.05, 0.1) is 12.0 Å². The third kappa shape index (κ3) is 2.75. The molecule has 0 bridgehead atoms. The molecule has 0 amide bonds. The highest BCUT2D eigenvalue weighted by molar-refractivity contribution is 7.99. The molecule has 1 heterocycles. The maximum atomic E-state index is 5.86. The molecule has 2 atom stereocenters. The smallest absolute Gasteiger partial charge is 0.0951 e. The summed E-state index contributed by atoms with van der Waals surface area (Å²) in [4.78, 5) is 4.15. The van der Waals surface area contributed by atoms with Gasteiger partial charge in [-0.2, -0.15) is 11.8 Å². The van der Waals surface area contributed by atoms with Crippen LogP contribution in [0.15, 0.2) is 12.5 Å². The lowest BCUT2D eigenvalue weighted by molar-refractivity contribution is 0.560. The molecule has 0 aliphatic rings. The van der Waals surface area contributed by atoms with Gasteiger partial charge < -0.3 is 10.3 Å². The van der Waals surface area contributed by atoms with Crippen molar-refractivity contribution in [3.8, 4) is 0 Å². The van der Waals surface area contributed by atoms with Crippen LogP contribution in [0.2, 0.25) is 0 Å². The topological polar surface area (TPSA) is 43.8 Å². The molecule has 4 heteroatoms. The highest BCUT2D eigenvalue weighted by atomic mass is 32.2. The number of hydrogen-bond acceptors (Lipinski definition) is 3. The Morgan fingerprint density at radius 2 is 2.29 bits per heavy atom. The zero-order chi connectivity index (χ0) is 10.6. The Kier molecular flexibility index (Phi) is 4.48. The number of rotatable bonds is 5. The molecular formula is C10H19N3S. The van der Waals surface area contributed by atoms with Gasteiger partial charge in [0.25, 0.3) is 0 Å². The number of hydrogen-bond donors (Lipinski definition) is 1. The minimum Gasteiger partial charge on any atom is -0.330 e. The summed E-state index contributed by atoms with van der Waals surface area (Å²) < 4.78 is 2.17. The van der Waals surface area contributed by atoms with Gasteiger partial charge in [-0.25, -0.2) is 4.98 Å². The van der Waals surface area contributed by atoms with Crippen LogP contribution in [0.25, 0.3) is 0 Å². The lowest BCUT2D eigenvalue weighted by atomic mass is 10.2. The second-order valence-corrected chi connectivity index (χ2v) is 4.84. The first-order chi connectivity index (χ1) is 6.66. The minimum absolute atomic E-state index is 0.0616. The zero-order valence-electron chi connectivity index (χ0n) is 9.10. The number of thioether (sulfide) groups is 1. The SMILES string of the molecule is CCSCC(C)n1cncc1[C@H](C)N. The van der Waals surface area contributed by atoms with E-state index in [0.29, 0.717) is 6.04 Å². The van der Waals surface area contributed by atoms with Crippen LogP contribution >= 0.6 is 11.8 Å². The summed E-state index contributed by atoms with van der Waals surface area (Å²) in [7, 11) is 0. The van der Waals surface area contributed by atoms with Gasteiger partial charge in [-0.05, 0) is 19.6 Å². The van der Waals surface area contributed by atoms with Crippen molar-refractivity contribution in [2.24, 2.45) is 5.73 Å². The fourth-order valence-corrected chi connectivity index (χ4v) is 2.14. The van der Waals surface area contributed by atoms with Crippen molar-refractivity contribution in [3.05, 3.63) is 18.2 Å². The Balaban J connectivity index is 2.68. The summed E-state index contributed by atoms with van der Waals surface area (Å²) in [5.74, 6) is 2.28. The van der Waals surface area contributed by atoms with Crippen molar-refractivity contribution in [2.75, 3.05) is 11.5 Å². The molecule has 0 radical (unpaired) electrons. The summed E-state index contributed by atoms with van der Waals surface area (Å²) in [5.41, 5.74) is 6.98. The maximum Gasteiger partial charge on any atom is 0.0951 e. The van der Waals surface area contributed by atoms with Crippen LogP contribution in [0, 0.1) is 0 Å². The predicted octanol–water partition coefficient (Wildman–Crippen LogP) is 2.22. The van der Waals surface area contributed by atoms with Gasteiger partial charge in [-0.3, -0.25) is 0 Å². The quantitative estimate of drug-likeness (QED) is 0.815.